The van der Waals surface area contributed by atoms with Gasteiger partial charge in [-0.25, -0.2) is 0 Å². The van der Waals surface area contributed by atoms with Crippen LogP contribution in [0.4, 0.5) is 0 Å². The molecule has 0 aromatic heterocycles. The summed E-state index contributed by atoms with van der Waals surface area (Å²) in [4.78, 5) is 26.6. The highest BCUT2D eigenvalue weighted by molar-refractivity contribution is 5.88. The minimum Gasteiger partial charge on any atom is -0.497 e. The van der Waals surface area contributed by atoms with Gasteiger partial charge < -0.3 is 19.7 Å². The molecule has 6 nitrogen and oxygen atoms in total. The molecule has 1 saturated heterocycles. The van der Waals surface area contributed by atoms with Gasteiger partial charge in [-0.05, 0) is 37.8 Å². The number of amides is 2. The van der Waals surface area contributed by atoms with Gasteiger partial charge in [0.25, 0.3) is 0 Å². The molecule has 1 fully saturated rings. The molecule has 0 aliphatic carbocycles. The number of hydrogen-bond donors (Lipinski definition) is 1. The Morgan fingerprint density at radius 2 is 2.08 bits per heavy atom. The highest BCUT2D eigenvalue weighted by Crippen LogP contribution is 2.31. The van der Waals surface area contributed by atoms with Crippen LogP contribution in [-0.2, 0) is 16.0 Å². The molecule has 0 unspecified atom stereocenters. The highest BCUT2D eigenvalue weighted by atomic mass is 16.5. The van der Waals surface area contributed by atoms with Crippen LogP contribution in [0, 0.1) is 5.92 Å². The summed E-state index contributed by atoms with van der Waals surface area (Å²) >= 11 is 0. The Hall–Kier alpha value is -2.24. The maximum atomic E-state index is 12.5. The third-order valence-corrected chi connectivity index (χ3v) is 4.70. The molecule has 1 aromatic rings. The monoisotopic (exact) mass is 332 g/mol. The average molecular weight is 332 g/mol. The molecule has 3 rings (SSSR count). The molecule has 1 N–H and O–H groups in total. The zero-order valence-corrected chi connectivity index (χ0v) is 14.2. The largest absolute Gasteiger partial charge is 0.497 e. The number of methoxy groups -OCH3 is 1. The first-order chi connectivity index (χ1) is 11.6. The van der Waals surface area contributed by atoms with E-state index in [0.717, 1.165) is 43.0 Å². The molecule has 24 heavy (non-hydrogen) atoms. The van der Waals surface area contributed by atoms with Crippen molar-refractivity contribution >= 4 is 11.8 Å². The minimum atomic E-state index is -0.493. The van der Waals surface area contributed by atoms with Gasteiger partial charge in [-0.2, -0.15) is 0 Å². The number of nitrogens with zero attached hydrogens (tertiary/aromatic N) is 1. The summed E-state index contributed by atoms with van der Waals surface area (Å²) in [6.45, 7) is 3.65. The maximum absolute atomic E-state index is 12.5. The van der Waals surface area contributed by atoms with E-state index >= 15 is 0 Å². The third kappa shape index (κ3) is 3.47. The van der Waals surface area contributed by atoms with Crippen molar-refractivity contribution < 1.29 is 19.1 Å². The van der Waals surface area contributed by atoms with E-state index in [0.29, 0.717) is 13.0 Å². The van der Waals surface area contributed by atoms with E-state index in [1.807, 2.05) is 23.1 Å². The smallest absolute Gasteiger partial charge is 0.244 e. The van der Waals surface area contributed by atoms with Crippen LogP contribution in [0.2, 0.25) is 0 Å². The fourth-order valence-corrected chi connectivity index (χ4v) is 3.25. The molecule has 2 heterocycles. The van der Waals surface area contributed by atoms with Crippen LogP contribution in [0.1, 0.15) is 25.3 Å². The number of ether oxygens (including phenoxy) is 2. The van der Waals surface area contributed by atoms with Gasteiger partial charge >= 0.3 is 0 Å². The molecule has 2 amide bonds. The first-order valence-corrected chi connectivity index (χ1v) is 8.47. The van der Waals surface area contributed by atoms with Gasteiger partial charge in [0.05, 0.1) is 13.0 Å². The Morgan fingerprint density at radius 1 is 1.33 bits per heavy atom. The van der Waals surface area contributed by atoms with E-state index in [2.05, 4.69) is 5.32 Å². The standard InChI is InChI=1S/C18H24N2O4/c1-12(18(22)20-7-3-4-8-20)19-17(21)14-9-13-5-6-15(23-2)10-16(13)24-11-14/h5-6,10,12,14H,3-4,7-9,11H2,1-2H3,(H,19,21)/t12-,14+/m1/s1. The zero-order valence-electron chi connectivity index (χ0n) is 14.2. The molecule has 6 heteroatoms. The number of rotatable bonds is 4. The van der Waals surface area contributed by atoms with E-state index < -0.39 is 6.04 Å². The van der Waals surface area contributed by atoms with Crippen LogP contribution in [-0.4, -0.2) is 49.6 Å². The molecular formula is C18H24N2O4. The maximum Gasteiger partial charge on any atom is 0.244 e. The molecule has 0 bridgehead atoms. The summed E-state index contributed by atoms with van der Waals surface area (Å²) < 4.78 is 10.9. The topological polar surface area (TPSA) is 67.9 Å². The van der Waals surface area contributed by atoms with Crippen LogP contribution >= 0.6 is 0 Å². The Kier molecular flexibility index (Phi) is 4.92. The average Bonchev–Trinajstić information content (AvgIpc) is 3.14. The van der Waals surface area contributed by atoms with Crippen LogP contribution < -0.4 is 14.8 Å². The van der Waals surface area contributed by atoms with Gasteiger partial charge in [0.1, 0.15) is 24.1 Å². The van der Waals surface area contributed by atoms with Crippen LogP contribution in [0.25, 0.3) is 0 Å². The van der Waals surface area contributed by atoms with E-state index in [1.54, 1.807) is 14.0 Å². The molecule has 0 saturated carbocycles. The first kappa shape index (κ1) is 16.6. The number of likely N-dealkylation sites (tertiary alicyclic amines) is 1. The Bertz CT molecular complexity index is 625. The first-order valence-electron chi connectivity index (χ1n) is 8.47. The SMILES string of the molecule is COc1ccc2c(c1)OC[C@@H](C(=O)N[C@H](C)C(=O)N1CCCC1)C2. The van der Waals surface area contributed by atoms with Crippen molar-refractivity contribution in [3.8, 4) is 11.5 Å². The summed E-state index contributed by atoms with van der Waals surface area (Å²) in [6, 6.07) is 5.13. The number of nitrogens with one attached hydrogen (secondary N) is 1. The van der Waals surface area contributed by atoms with Crippen molar-refractivity contribution in [3.05, 3.63) is 23.8 Å². The quantitative estimate of drug-likeness (QED) is 0.904. The molecule has 1 aromatic carbocycles. The van der Waals surface area contributed by atoms with Crippen molar-refractivity contribution in [2.75, 3.05) is 26.8 Å². The van der Waals surface area contributed by atoms with E-state index in [-0.39, 0.29) is 17.7 Å². The van der Waals surface area contributed by atoms with E-state index in [1.165, 1.54) is 0 Å². The van der Waals surface area contributed by atoms with Crippen molar-refractivity contribution in [3.63, 3.8) is 0 Å². The summed E-state index contributed by atoms with van der Waals surface area (Å²) in [7, 11) is 1.61. The predicted octanol–water partition coefficient (Wildman–Crippen LogP) is 1.37. The number of benzene rings is 1. The van der Waals surface area contributed by atoms with Gasteiger partial charge in [-0.1, -0.05) is 6.07 Å². The Morgan fingerprint density at radius 3 is 2.79 bits per heavy atom. The molecule has 2 atom stereocenters. The summed E-state index contributed by atoms with van der Waals surface area (Å²) in [5, 5.41) is 2.84. The van der Waals surface area contributed by atoms with E-state index in [9.17, 15) is 9.59 Å². The van der Waals surface area contributed by atoms with E-state index in [4.69, 9.17) is 9.47 Å². The lowest BCUT2D eigenvalue weighted by Gasteiger charge is -2.27. The lowest BCUT2D eigenvalue weighted by atomic mass is 9.95. The van der Waals surface area contributed by atoms with Gasteiger partial charge in [0.15, 0.2) is 0 Å². The number of carbonyl (C=O) groups excluding carboxylic acids is 2. The van der Waals surface area contributed by atoms with Crippen LogP contribution in [0.3, 0.4) is 0 Å². The zero-order chi connectivity index (χ0) is 17.1. The van der Waals surface area contributed by atoms with Gasteiger partial charge in [0, 0.05) is 19.2 Å². The van der Waals surface area contributed by atoms with Crippen LogP contribution in [0.15, 0.2) is 18.2 Å². The lowest BCUT2D eigenvalue weighted by molar-refractivity contribution is -0.136. The Labute approximate surface area is 142 Å². The van der Waals surface area contributed by atoms with Crippen LogP contribution in [0.5, 0.6) is 11.5 Å². The van der Waals surface area contributed by atoms with Crippen molar-refractivity contribution in [1.82, 2.24) is 10.2 Å². The predicted molar refractivity (Wildman–Crippen MR) is 89.1 cm³/mol. The third-order valence-electron chi connectivity index (χ3n) is 4.70. The Balaban J connectivity index is 1.58. The molecule has 2 aliphatic heterocycles. The normalized spacial score (nSPS) is 20.8. The van der Waals surface area contributed by atoms with Gasteiger partial charge in [0.2, 0.25) is 11.8 Å². The van der Waals surface area contributed by atoms with Gasteiger partial charge in [-0.3, -0.25) is 9.59 Å². The van der Waals surface area contributed by atoms with Crippen molar-refractivity contribution in [2.24, 2.45) is 5.92 Å². The molecule has 130 valence electrons. The second-order valence-corrected chi connectivity index (χ2v) is 6.45. The molecule has 0 spiro atoms. The summed E-state index contributed by atoms with van der Waals surface area (Å²) in [5.74, 6) is 1.10. The fraction of sp³-hybridized carbons (Fsp3) is 0.556. The minimum absolute atomic E-state index is 0.00251. The summed E-state index contributed by atoms with van der Waals surface area (Å²) in [5.41, 5.74) is 0.987. The van der Waals surface area contributed by atoms with Crippen molar-refractivity contribution in [2.45, 2.75) is 32.2 Å². The van der Waals surface area contributed by atoms with Gasteiger partial charge in [-0.15, -0.1) is 0 Å². The fourth-order valence-electron chi connectivity index (χ4n) is 3.25. The molecule has 0 radical (unpaired) electrons. The summed E-state index contributed by atoms with van der Waals surface area (Å²) in [6.07, 6.45) is 2.70. The van der Waals surface area contributed by atoms with Crippen molar-refractivity contribution in [1.29, 1.82) is 0 Å². The number of fused-ring (bicyclic) bond motifs is 1. The highest BCUT2D eigenvalue weighted by Gasteiger charge is 2.30. The molecule has 2 aliphatic rings. The second-order valence-electron chi connectivity index (χ2n) is 6.45. The second kappa shape index (κ2) is 7.11. The molecular weight excluding hydrogens is 308 g/mol. The number of hydrogen-bond acceptors (Lipinski definition) is 4. The number of carbonyl (C=O) groups is 2. The lowest BCUT2D eigenvalue weighted by Crippen LogP contribution is -2.49.